The zero-order valence-corrected chi connectivity index (χ0v) is 9.13. The molecule has 0 N–H and O–H groups in total. The zero-order chi connectivity index (χ0) is 9.14. The van der Waals surface area contributed by atoms with E-state index < -0.39 is 0 Å². The summed E-state index contributed by atoms with van der Waals surface area (Å²) in [5.74, 6) is 0. The molecule has 0 aromatic carbocycles. The molecule has 1 unspecified atom stereocenters. The van der Waals surface area contributed by atoms with Gasteiger partial charge in [0, 0.05) is 20.6 Å². The average molecular weight is 233 g/mol. The molecule has 3 nitrogen and oxygen atoms in total. The number of halogens is 1. The van der Waals surface area contributed by atoms with Crippen LogP contribution in [0.25, 0.3) is 0 Å². The molecular weight excluding hydrogens is 220 g/mol. The molecule has 0 saturated heterocycles. The fraction of sp³-hybridized carbons (Fsp3) is 0.625. The standard InChI is InChI=1S/C8H13BrN2O/c1-6(12-3)4-8-7(9)5-10-11(8)2/h5-6H,4H2,1-3H3. The predicted molar refractivity (Wildman–Crippen MR) is 51.1 cm³/mol. The Hall–Kier alpha value is -0.350. The summed E-state index contributed by atoms with van der Waals surface area (Å²) in [5, 5.41) is 4.12. The van der Waals surface area contributed by atoms with E-state index in [0.717, 1.165) is 10.9 Å². The van der Waals surface area contributed by atoms with Crippen molar-refractivity contribution in [1.82, 2.24) is 9.78 Å². The first-order valence-electron chi connectivity index (χ1n) is 3.84. The number of aromatic nitrogens is 2. The van der Waals surface area contributed by atoms with Crippen LogP contribution in [0.1, 0.15) is 12.6 Å². The summed E-state index contributed by atoms with van der Waals surface area (Å²) in [6, 6.07) is 0. The normalized spacial score (nSPS) is 13.3. The van der Waals surface area contributed by atoms with E-state index in [9.17, 15) is 0 Å². The lowest BCUT2D eigenvalue weighted by Gasteiger charge is -2.09. The molecule has 0 fully saturated rings. The predicted octanol–water partition coefficient (Wildman–Crippen LogP) is 1.76. The van der Waals surface area contributed by atoms with Crippen LogP contribution in [0.3, 0.4) is 0 Å². The molecule has 0 amide bonds. The number of nitrogens with zero attached hydrogens (tertiary/aromatic N) is 2. The average Bonchev–Trinajstić information content (AvgIpc) is 2.35. The number of ether oxygens (including phenoxy) is 1. The molecule has 0 spiro atoms. The van der Waals surface area contributed by atoms with Crippen molar-refractivity contribution in [3.63, 3.8) is 0 Å². The van der Waals surface area contributed by atoms with Crippen molar-refractivity contribution in [3.8, 4) is 0 Å². The van der Waals surface area contributed by atoms with E-state index in [4.69, 9.17) is 4.74 Å². The van der Waals surface area contributed by atoms with Crippen molar-refractivity contribution >= 4 is 15.9 Å². The summed E-state index contributed by atoms with van der Waals surface area (Å²) >= 11 is 3.44. The molecule has 0 saturated carbocycles. The lowest BCUT2D eigenvalue weighted by molar-refractivity contribution is 0.117. The van der Waals surface area contributed by atoms with Gasteiger partial charge in [0.2, 0.25) is 0 Å². The fourth-order valence-electron chi connectivity index (χ4n) is 1.02. The Labute approximate surface area is 80.8 Å². The minimum absolute atomic E-state index is 0.233. The smallest absolute Gasteiger partial charge is 0.0635 e. The Morgan fingerprint density at radius 2 is 2.42 bits per heavy atom. The van der Waals surface area contributed by atoms with Gasteiger partial charge in [-0.3, -0.25) is 4.68 Å². The van der Waals surface area contributed by atoms with Gasteiger partial charge in [-0.25, -0.2) is 0 Å². The summed E-state index contributed by atoms with van der Waals surface area (Å²) in [6.07, 6.45) is 2.92. The van der Waals surface area contributed by atoms with Crippen LogP contribution in [0, 0.1) is 0 Å². The number of aryl methyl sites for hydroxylation is 1. The van der Waals surface area contributed by atoms with E-state index >= 15 is 0 Å². The molecule has 0 aliphatic heterocycles. The van der Waals surface area contributed by atoms with Crippen LogP contribution in [-0.2, 0) is 18.2 Å². The number of methoxy groups -OCH3 is 1. The van der Waals surface area contributed by atoms with Gasteiger partial charge in [0.05, 0.1) is 22.5 Å². The van der Waals surface area contributed by atoms with E-state index in [1.807, 2.05) is 18.7 Å². The van der Waals surface area contributed by atoms with Crippen molar-refractivity contribution in [2.24, 2.45) is 7.05 Å². The molecule has 0 aliphatic rings. The monoisotopic (exact) mass is 232 g/mol. The third-order valence-corrected chi connectivity index (χ3v) is 2.56. The topological polar surface area (TPSA) is 27.1 Å². The van der Waals surface area contributed by atoms with Crippen LogP contribution in [0.5, 0.6) is 0 Å². The number of hydrogen-bond acceptors (Lipinski definition) is 2. The zero-order valence-electron chi connectivity index (χ0n) is 7.54. The lowest BCUT2D eigenvalue weighted by atomic mass is 10.2. The molecule has 0 radical (unpaired) electrons. The molecule has 12 heavy (non-hydrogen) atoms. The highest BCUT2D eigenvalue weighted by Crippen LogP contribution is 2.17. The van der Waals surface area contributed by atoms with Gasteiger partial charge in [-0.2, -0.15) is 5.10 Å². The largest absolute Gasteiger partial charge is 0.381 e. The molecule has 1 rings (SSSR count). The van der Waals surface area contributed by atoms with Crippen LogP contribution in [0.4, 0.5) is 0 Å². The van der Waals surface area contributed by atoms with Gasteiger partial charge in [0.25, 0.3) is 0 Å². The maximum Gasteiger partial charge on any atom is 0.0635 e. The Kier molecular flexibility index (Phi) is 3.29. The van der Waals surface area contributed by atoms with Crippen molar-refractivity contribution < 1.29 is 4.74 Å². The van der Waals surface area contributed by atoms with Crippen molar-refractivity contribution in [2.75, 3.05) is 7.11 Å². The highest BCUT2D eigenvalue weighted by Gasteiger charge is 2.09. The maximum atomic E-state index is 5.17. The van der Waals surface area contributed by atoms with E-state index in [1.54, 1.807) is 13.3 Å². The SMILES string of the molecule is COC(C)Cc1c(Br)cnn1C. The molecule has 1 atom stereocenters. The van der Waals surface area contributed by atoms with Crippen molar-refractivity contribution in [3.05, 3.63) is 16.4 Å². The lowest BCUT2D eigenvalue weighted by Crippen LogP contribution is -2.12. The van der Waals surface area contributed by atoms with E-state index in [0.29, 0.717) is 0 Å². The van der Waals surface area contributed by atoms with Crippen LogP contribution in [-0.4, -0.2) is 23.0 Å². The van der Waals surface area contributed by atoms with Crippen molar-refractivity contribution in [2.45, 2.75) is 19.4 Å². The molecule has 1 aromatic rings. The van der Waals surface area contributed by atoms with Crippen LogP contribution < -0.4 is 0 Å². The summed E-state index contributed by atoms with van der Waals surface area (Å²) in [6.45, 7) is 2.04. The first kappa shape index (κ1) is 9.74. The van der Waals surface area contributed by atoms with Gasteiger partial charge in [0.1, 0.15) is 0 Å². The second kappa shape index (κ2) is 4.05. The van der Waals surface area contributed by atoms with Gasteiger partial charge >= 0.3 is 0 Å². The second-order valence-corrected chi connectivity index (χ2v) is 3.67. The summed E-state index contributed by atoms with van der Waals surface area (Å²) in [4.78, 5) is 0. The molecule has 1 aromatic heterocycles. The van der Waals surface area contributed by atoms with E-state index in [1.165, 1.54) is 5.69 Å². The Balaban J connectivity index is 2.73. The molecular formula is C8H13BrN2O. The Morgan fingerprint density at radius 3 is 2.83 bits per heavy atom. The highest BCUT2D eigenvalue weighted by molar-refractivity contribution is 9.10. The van der Waals surface area contributed by atoms with Gasteiger partial charge in [0.15, 0.2) is 0 Å². The highest BCUT2D eigenvalue weighted by atomic mass is 79.9. The van der Waals surface area contributed by atoms with Gasteiger partial charge in [-0.15, -0.1) is 0 Å². The number of rotatable bonds is 3. The second-order valence-electron chi connectivity index (χ2n) is 2.81. The molecule has 1 heterocycles. The minimum atomic E-state index is 0.233. The van der Waals surface area contributed by atoms with Gasteiger partial charge < -0.3 is 4.74 Å². The van der Waals surface area contributed by atoms with E-state index in [-0.39, 0.29) is 6.10 Å². The van der Waals surface area contributed by atoms with Gasteiger partial charge in [-0.1, -0.05) is 0 Å². The third-order valence-electron chi connectivity index (χ3n) is 1.89. The number of hydrogen-bond donors (Lipinski definition) is 0. The molecule has 68 valence electrons. The summed E-state index contributed by atoms with van der Waals surface area (Å²) in [5.41, 5.74) is 1.17. The fourth-order valence-corrected chi connectivity index (χ4v) is 1.53. The first-order chi connectivity index (χ1) is 5.65. The molecule has 0 aliphatic carbocycles. The summed E-state index contributed by atoms with van der Waals surface area (Å²) in [7, 11) is 3.65. The third kappa shape index (κ3) is 2.08. The maximum absolute atomic E-state index is 5.17. The van der Waals surface area contributed by atoms with E-state index in [2.05, 4.69) is 21.0 Å². The van der Waals surface area contributed by atoms with Crippen LogP contribution in [0.2, 0.25) is 0 Å². The van der Waals surface area contributed by atoms with Crippen LogP contribution >= 0.6 is 15.9 Å². The Morgan fingerprint density at radius 1 is 1.75 bits per heavy atom. The summed E-state index contributed by atoms with van der Waals surface area (Å²) < 4.78 is 8.08. The van der Waals surface area contributed by atoms with Crippen LogP contribution in [0.15, 0.2) is 10.7 Å². The molecule has 4 heteroatoms. The van der Waals surface area contributed by atoms with Crippen molar-refractivity contribution in [1.29, 1.82) is 0 Å². The first-order valence-corrected chi connectivity index (χ1v) is 4.63. The molecule has 0 bridgehead atoms. The quantitative estimate of drug-likeness (QED) is 0.795. The van der Waals surface area contributed by atoms with Gasteiger partial charge in [-0.05, 0) is 22.9 Å². The Bertz CT molecular complexity index is 240. The minimum Gasteiger partial charge on any atom is -0.381 e.